The summed E-state index contributed by atoms with van der Waals surface area (Å²) in [6, 6.07) is 6.79. The van der Waals surface area contributed by atoms with Crippen LogP contribution in [0.5, 0.6) is 0 Å². The highest BCUT2D eigenvalue weighted by atomic mass is 19.4. The van der Waals surface area contributed by atoms with Gasteiger partial charge in [0.05, 0.1) is 12.3 Å². The standard InChI is InChI=1S/C18H14F4N4O2/c19-10-3-5-11(6-4-10)23-17(27)13-9-16-24-12(14-2-1-7-28-14)8-15(18(20,21)22)26(16)25-13/h1-7,9,12,15,24H,8H2,(H,23,27)/t12-,15-/m1/s1. The molecule has 2 atom stereocenters. The molecule has 0 radical (unpaired) electrons. The number of carbonyl (C=O) groups is 1. The summed E-state index contributed by atoms with van der Waals surface area (Å²) in [5.41, 5.74) is 0.104. The molecule has 146 valence electrons. The first-order valence-electron chi connectivity index (χ1n) is 8.34. The molecule has 0 saturated carbocycles. The first kappa shape index (κ1) is 18.1. The van der Waals surface area contributed by atoms with Crippen molar-refractivity contribution in [1.82, 2.24) is 9.78 Å². The number of hydrogen-bond acceptors (Lipinski definition) is 4. The second kappa shape index (κ2) is 6.70. The van der Waals surface area contributed by atoms with Gasteiger partial charge in [0.1, 0.15) is 17.4 Å². The molecule has 1 aliphatic rings. The van der Waals surface area contributed by atoms with Gasteiger partial charge in [0, 0.05) is 18.2 Å². The normalized spacial score (nSPS) is 19.0. The summed E-state index contributed by atoms with van der Waals surface area (Å²) in [4.78, 5) is 12.4. The number of fused-ring (bicyclic) bond motifs is 1. The topological polar surface area (TPSA) is 72.1 Å². The molecule has 3 aromatic rings. The van der Waals surface area contributed by atoms with Crippen molar-refractivity contribution in [3.8, 4) is 0 Å². The van der Waals surface area contributed by atoms with Crippen LogP contribution in [0.3, 0.4) is 0 Å². The van der Waals surface area contributed by atoms with Crippen LogP contribution in [-0.4, -0.2) is 21.9 Å². The van der Waals surface area contributed by atoms with E-state index in [0.717, 1.165) is 16.8 Å². The van der Waals surface area contributed by atoms with Gasteiger partial charge in [-0.25, -0.2) is 9.07 Å². The predicted octanol–water partition coefficient (Wildman–Crippen LogP) is 4.53. The maximum absolute atomic E-state index is 13.6. The van der Waals surface area contributed by atoms with E-state index in [1.165, 1.54) is 24.5 Å². The fourth-order valence-corrected chi connectivity index (χ4v) is 3.09. The van der Waals surface area contributed by atoms with Crippen LogP contribution in [0.4, 0.5) is 29.1 Å². The molecule has 4 rings (SSSR count). The van der Waals surface area contributed by atoms with Gasteiger partial charge < -0.3 is 15.1 Å². The van der Waals surface area contributed by atoms with Gasteiger partial charge in [-0.15, -0.1) is 0 Å². The number of furan rings is 1. The summed E-state index contributed by atoms with van der Waals surface area (Å²) in [6.45, 7) is 0. The van der Waals surface area contributed by atoms with Crippen molar-refractivity contribution < 1.29 is 26.8 Å². The summed E-state index contributed by atoms with van der Waals surface area (Å²) in [6.07, 6.45) is -3.50. The van der Waals surface area contributed by atoms with Crippen LogP contribution in [0, 0.1) is 5.82 Å². The highest BCUT2D eigenvalue weighted by molar-refractivity contribution is 6.03. The van der Waals surface area contributed by atoms with Gasteiger partial charge in [0.25, 0.3) is 5.91 Å². The molecule has 28 heavy (non-hydrogen) atoms. The zero-order valence-corrected chi connectivity index (χ0v) is 14.2. The smallest absolute Gasteiger partial charge is 0.410 e. The number of amides is 1. The summed E-state index contributed by atoms with van der Waals surface area (Å²) in [5.74, 6) is -0.763. The van der Waals surface area contributed by atoms with Crippen LogP contribution >= 0.6 is 0 Å². The number of nitrogens with one attached hydrogen (secondary N) is 2. The minimum atomic E-state index is -4.56. The fraction of sp³-hybridized carbons (Fsp3) is 0.222. The number of carbonyl (C=O) groups excluding carboxylic acids is 1. The molecule has 6 nitrogen and oxygen atoms in total. The number of rotatable bonds is 3. The first-order chi connectivity index (χ1) is 13.3. The lowest BCUT2D eigenvalue weighted by atomic mass is 10.0. The van der Waals surface area contributed by atoms with Crippen molar-refractivity contribution in [1.29, 1.82) is 0 Å². The third-order valence-corrected chi connectivity index (χ3v) is 4.41. The van der Waals surface area contributed by atoms with Gasteiger partial charge >= 0.3 is 6.18 Å². The number of halogens is 4. The second-order valence-corrected chi connectivity index (χ2v) is 6.33. The molecule has 0 aliphatic carbocycles. The molecule has 0 fully saturated rings. The number of aromatic nitrogens is 2. The molecular formula is C18H14F4N4O2. The van der Waals surface area contributed by atoms with Gasteiger partial charge in [0.15, 0.2) is 11.7 Å². The van der Waals surface area contributed by atoms with E-state index in [9.17, 15) is 22.4 Å². The number of anilines is 2. The molecule has 1 amide bonds. The lowest BCUT2D eigenvalue weighted by molar-refractivity contribution is -0.174. The lowest BCUT2D eigenvalue weighted by Gasteiger charge is -2.32. The van der Waals surface area contributed by atoms with Crippen LogP contribution in [0.15, 0.2) is 53.1 Å². The Hall–Kier alpha value is -3.30. The quantitative estimate of drug-likeness (QED) is 0.641. The van der Waals surface area contributed by atoms with E-state index >= 15 is 0 Å². The average Bonchev–Trinajstić information content (AvgIpc) is 3.31. The van der Waals surface area contributed by atoms with Crippen molar-refractivity contribution in [2.24, 2.45) is 0 Å². The molecule has 2 N–H and O–H groups in total. The Bertz CT molecular complexity index is 980. The number of benzene rings is 1. The summed E-state index contributed by atoms with van der Waals surface area (Å²) >= 11 is 0. The van der Waals surface area contributed by atoms with Crippen molar-refractivity contribution in [3.63, 3.8) is 0 Å². The van der Waals surface area contributed by atoms with Gasteiger partial charge in [-0.05, 0) is 36.4 Å². The van der Waals surface area contributed by atoms with Crippen molar-refractivity contribution in [2.45, 2.75) is 24.7 Å². The van der Waals surface area contributed by atoms with Crippen LogP contribution in [0.25, 0.3) is 0 Å². The minimum absolute atomic E-state index is 0.0548. The molecule has 3 heterocycles. The van der Waals surface area contributed by atoms with Crippen molar-refractivity contribution in [3.05, 3.63) is 66.0 Å². The van der Waals surface area contributed by atoms with Gasteiger partial charge in [-0.1, -0.05) is 0 Å². The fourth-order valence-electron chi connectivity index (χ4n) is 3.09. The molecule has 2 aromatic heterocycles. The van der Waals surface area contributed by atoms with Crippen LogP contribution in [0.1, 0.15) is 34.8 Å². The predicted molar refractivity (Wildman–Crippen MR) is 91.4 cm³/mol. The Morgan fingerprint density at radius 2 is 2.00 bits per heavy atom. The SMILES string of the molecule is O=C(Nc1ccc(F)cc1)c1cc2n(n1)[C@@H](C(F)(F)F)C[C@H](c1ccco1)N2. The van der Waals surface area contributed by atoms with Crippen LogP contribution < -0.4 is 10.6 Å². The summed E-state index contributed by atoms with van der Waals surface area (Å²) < 4.78 is 59.7. The number of hydrogen-bond donors (Lipinski definition) is 2. The summed E-state index contributed by atoms with van der Waals surface area (Å²) in [7, 11) is 0. The Balaban J connectivity index is 1.63. The van der Waals surface area contributed by atoms with E-state index in [1.54, 1.807) is 12.1 Å². The second-order valence-electron chi connectivity index (χ2n) is 6.33. The van der Waals surface area contributed by atoms with Crippen molar-refractivity contribution >= 4 is 17.4 Å². The number of nitrogens with zero attached hydrogens (tertiary/aromatic N) is 2. The Morgan fingerprint density at radius 1 is 1.25 bits per heavy atom. The molecule has 0 saturated heterocycles. The minimum Gasteiger partial charge on any atom is -0.467 e. The van der Waals surface area contributed by atoms with Crippen LogP contribution in [-0.2, 0) is 0 Å². The molecule has 0 unspecified atom stereocenters. The highest BCUT2D eigenvalue weighted by Crippen LogP contribution is 2.43. The third kappa shape index (κ3) is 3.45. The monoisotopic (exact) mass is 394 g/mol. The van der Waals surface area contributed by atoms with E-state index in [0.29, 0.717) is 11.4 Å². The Kier molecular flexibility index (Phi) is 4.33. The van der Waals surface area contributed by atoms with Crippen LogP contribution in [0.2, 0.25) is 0 Å². The molecular weight excluding hydrogens is 380 g/mol. The largest absolute Gasteiger partial charge is 0.467 e. The molecule has 10 heteroatoms. The van der Waals surface area contributed by atoms with E-state index in [1.807, 2.05) is 0 Å². The van der Waals surface area contributed by atoms with E-state index in [-0.39, 0.29) is 17.9 Å². The maximum atomic E-state index is 13.6. The zero-order chi connectivity index (χ0) is 19.9. The van der Waals surface area contributed by atoms with Gasteiger partial charge in [-0.2, -0.15) is 18.3 Å². The van der Waals surface area contributed by atoms with Gasteiger partial charge in [0.2, 0.25) is 0 Å². The average molecular weight is 394 g/mol. The third-order valence-electron chi connectivity index (χ3n) is 4.41. The Labute approximate surface area is 156 Å². The molecule has 0 bridgehead atoms. The Morgan fingerprint density at radius 3 is 2.64 bits per heavy atom. The molecule has 0 spiro atoms. The molecule has 1 aromatic carbocycles. The van der Waals surface area contributed by atoms with E-state index in [4.69, 9.17) is 4.42 Å². The zero-order valence-electron chi connectivity index (χ0n) is 14.2. The summed E-state index contributed by atoms with van der Waals surface area (Å²) in [5, 5.41) is 9.25. The lowest BCUT2D eigenvalue weighted by Crippen LogP contribution is -2.35. The maximum Gasteiger partial charge on any atom is 0.410 e. The van der Waals surface area contributed by atoms with E-state index in [2.05, 4.69) is 15.7 Å². The van der Waals surface area contributed by atoms with E-state index < -0.39 is 30.0 Å². The molecule has 1 aliphatic heterocycles. The number of alkyl halides is 3. The highest BCUT2D eigenvalue weighted by Gasteiger charge is 2.47. The van der Waals surface area contributed by atoms with Gasteiger partial charge in [-0.3, -0.25) is 4.79 Å². The van der Waals surface area contributed by atoms with Crippen molar-refractivity contribution in [2.75, 3.05) is 10.6 Å². The first-order valence-corrected chi connectivity index (χ1v) is 8.34.